The quantitative estimate of drug-likeness (QED) is 0.554. The first-order valence-corrected chi connectivity index (χ1v) is 4.33. The Labute approximate surface area is 86.2 Å². The number of nitrogen functional groups attached to an aromatic ring is 1. The molecular weight excluding hydrogens is 200 g/mol. The Morgan fingerprint density at radius 3 is 2.93 bits per heavy atom. The van der Waals surface area contributed by atoms with Crippen molar-refractivity contribution in [2.75, 3.05) is 17.7 Å². The van der Waals surface area contributed by atoms with Crippen molar-refractivity contribution in [1.82, 2.24) is 10.3 Å². The van der Waals surface area contributed by atoms with Gasteiger partial charge in [-0.25, -0.2) is 9.42 Å². The maximum Gasteiger partial charge on any atom is 0.332 e. The van der Waals surface area contributed by atoms with Gasteiger partial charge in [0.1, 0.15) is 0 Å². The van der Waals surface area contributed by atoms with Crippen LogP contribution in [0.1, 0.15) is 13.8 Å². The summed E-state index contributed by atoms with van der Waals surface area (Å²) in [5.74, 6) is -0.0304. The van der Waals surface area contributed by atoms with E-state index in [1.54, 1.807) is 13.8 Å². The van der Waals surface area contributed by atoms with Crippen molar-refractivity contribution in [3.8, 4) is 0 Å². The van der Waals surface area contributed by atoms with Crippen molar-refractivity contribution < 1.29 is 14.2 Å². The Balaban J connectivity index is 2.59. The lowest BCUT2D eigenvalue weighted by Crippen LogP contribution is -2.05. The van der Waals surface area contributed by atoms with Gasteiger partial charge in [0.25, 0.3) is 0 Å². The van der Waals surface area contributed by atoms with E-state index in [-0.39, 0.29) is 11.6 Å². The van der Waals surface area contributed by atoms with Gasteiger partial charge in [0.2, 0.25) is 11.6 Å². The minimum atomic E-state index is -0.433. The third kappa shape index (κ3) is 3.29. The standard InChI is InChI=1S/C8H12N4O3/c1-3-14-6(13)4-5(2)10-8-7(9)11-15-12-8/h4H,3H2,1-2H3,(H2,9,11)(H,10,12)/b5-4+. The highest BCUT2D eigenvalue weighted by atomic mass is 16.6. The average Bonchev–Trinajstić information content (AvgIpc) is 2.52. The molecule has 15 heavy (non-hydrogen) atoms. The van der Waals surface area contributed by atoms with Gasteiger partial charge in [-0.15, -0.1) is 0 Å². The summed E-state index contributed by atoms with van der Waals surface area (Å²) in [6.45, 7) is 3.73. The zero-order valence-electron chi connectivity index (χ0n) is 8.48. The van der Waals surface area contributed by atoms with Gasteiger partial charge in [0, 0.05) is 11.8 Å². The summed E-state index contributed by atoms with van der Waals surface area (Å²) >= 11 is 0. The minimum Gasteiger partial charge on any atom is -0.463 e. The molecule has 1 rings (SSSR count). The number of ether oxygens (including phenoxy) is 1. The summed E-state index contributed by atoms with van der Waals surface area (Å²) in [6, 6.07) is 0. The fourth-order valence-corrected chi connectivity index (χ4v) is 0.866. The lowest BCUT2D eigenvalue weighted by Gasteiger charge is -2.01. The lowest BCUT2D eigenvalue weighted by molar-refractivity contribution is -0.137. The second kappa shape index (κ2) is 4.99. The van der Waals surface area contributed by atoms with Crippen LogP contribution in [0.3, 0.4) is 0 Å². The van der Waals surface area contributed by atoms with Crippen LogP contribution in [0, 0.1) is 0 Å². The number of anilines is 2. The topological polar surface area (TPSA) is 103 Å². The molecule has 1 aromatic rings. The number of esters is 1. The first kappa shape index (κ1) is 11.0. The largest absolute Gasteiger partial charge is 0.463 e. The van der Waals surface area contributed by atoms with Crippen molar-refractivity contribution >= 4 is 17.6 Å². The summed E-state index contributed by atoms with van der Waals surface area (Å²) < 4.78 is 9.08. The normalized spacial score (nSPS) is 11.2. The van der Waals surface area contributed by atoms with E-state index < -0.39 is 5.97 Å². The van der Waals surface area contributed by atoms with Gasteiger partial charge in [-0.2, -0.15) is 0 Å². The molecule has 0 amide bonds. The predicted octanol–water partition coefficient (Wildman–Crippen LogP) is 0.531. The van der Waals surface area contributed by atoms with Gasteiger partial charge in [0.15, 0.2) is 0 Å². The maximum atomic E-state index is 11.0. The fraction of sp³-hybridized carbons (Fsp3) is 0.375. The maximum absolute atomic E-state index is 11.0. The number of allylic oxidation sites excluding steroid dienone is 1. The number of hydrogen-bond acceptors (Lipinski definition) is 7. The molecule has 7 nitrogen and oxygen atoms in total. The number of rotatable bonds is 4. The van der Waals surface area contributed by atoms with E-state index in [0.29, 0.717) is 12.3 Å². The Hall–Kier alpha value is -2.05. The summed E-state index contributed by atoms with van der Waals surface area (Å²) in [4.78, 5) is 11.0. The van der Waals surface area contributed by atoms with E-state index in [1.165, 1.54) is 6.08 Å². The van der Waals surface area contributed by atoms with Crippen molar-refractivity contribution in [3.63, 3.8) is 0 Å². The summed E-state index contributed by atoms with van der Waals surface area (Å²) in [6.07, 6.45) is 1.29. The van der Waals surface area contributed by atoms with Crippen LogP contribution in [0.25, 0.3) is 0 Å². The molecule has 0 atom stereocenters. The molecule has 0 aliphatic rings. The Morgan fingerprint density at radius 1 is 1.67 bits per heavy atom. The smallest absolute Gasteiger partial charge is 0.332 e. The molecule has 0 saturated heterocycles. The van der Waals surface area contributed by atoms with Gasteiger partial charge in [-0.1, -0.05) is 0 Å². The van der Waals surface area contributed by atoms with Gasteiger partial charge in [-0.05, 0) is 24.2 Å². The first-order chi connectivity index (χ1) is 7.13. The summed E-state index contributed by atoms with van der Waals surface area (Å²) in [7, 11) is 0. The van der Waals surface area contributed by atoms with Crippen LogP contribution < -0.4 is 11.1 Å². The van der Waals surface area contributed by atoms with Crippen molar-refractivity contribution in [1.29, 1.82) is 0 Å². The van der Waals surface area contributed by atoms with Crippen LogP contribution in [-0.4, -0.2) is 22.9 Å². The van der Waals surface area contributed by atoms with E-state index in [9.17, 15) is 4.79 Å². The van der Waals surface area contributed by atoms with Gasteiger partial charge in [0.05, 0.1) is 6.61 Å². The second-order valence-corrected chi connectivity index (χ2v) is 2.70. The Bertz CT molecular complexity index is 372. The van der Waals surface area contributed by atoms with Crippen LogP contribution >= 0.6 is 0 Å². The number of nitrogens with one attached hydrogen (secondary N) is 1. The molecule has 1 heterocycles. The summed E-state index contributed by atoms with van der Waals surface area (Å²) in [5, 5.41) is 9.61. The number of hydrogen-bond donors (Lipinski definition) is 2. The Morgan fingerprint density at radius 2 is 2.40 bits per heavy atom. The van der Waals surface area contributed by atoms with E-state index in [4.69, 9.17) is 10.5 Å². The molecule has 0 spiro atoms. The van der Waals surface area contributed by atoms with E-state index >= 15 is 0 Å². The molecule has 82 valence electrons. The number of aromatic nitrogens is 2. The third-order valence-corrected chi connectivity index (χ3v) is 1.45. The van der Waals surface area contributed by atoms with Crippen LogP contribution in [0.2, 0.25) is 0 Å². The van der Waals surface area contributed by atoms with Crippen LogP contribution in [0.5, 0.6) is 0 Å². The molecule has 0 bridgehead atoms. The molecule has 0 radical (unpaired) electrons. The van der Waals surface area contributed by atoms with Crippen molar-refractivity contribution in [2.45, 2.75) is 13.8 Å². The molecule has 1 aromatic heterocycles. The van der Waals surface area contributed by atoms with Gasteiger partial charge >= 0.3 is 5.97 Å². The number of carbonyl (C=O) groups is 1. The summed E-state index contributed by atoms with van der Waals surface area (Å²) in [5.41, 5.74) is 5.94. The van der Waals surface area contributed by atoms with E-state index in [2.05, 4.69) is 20.3 Å². The Kier molecular flexibility index (Phi) is 3.67. The third-order valence-electron chi connectivity index (χ3n) is 1.45. The second-order valence-electron chi connectivity index (χ2n) is 2.70. The predicted molar refractivity (Wildman–Crippen MR) is 52.7 cm³/mol. The molecule has 0 aliphatic heterocycles. The van der Waals surface area contributed by atoms with Crippen LogP contribution in [0.4, 0.5) is 11.6 Å². The lowest BCUT2D eigenvalue weighted by atomic mass is 10.4. The molecule has 0 aromatic carbocycles. The van der Waals surface area contributed by atoms with Crippen LogP contribution in [-0.2, 0) is 9.53 Å². The first-order valence-electron chi connectivity index (χ1n) is 4.33. The zero-order chi connectivity index (χ0) is 11.3. The number of nitrogens with zero attached hydrogens (tertiary/aromatic N) is 2. The van der Waals surface area contributed by atoms with E-state index in [0.717, 1.165) is 0 Å². The monoisotopic (exact) mass is 212 g/mol. The average molecular weight is 212 g/mol. The van der Waals surface area contributed by atoms with Crippen LogP contribution in [0.15, 0.2) is 16.4 Å². The highest BCUT2D eigenvalue weighted by molar-refractivity contribution is 5.83. The molecule has 7 heteroatoms. The number of carbonyl (C=O) groups excluding carboxylic acids is 1. The fourth-order valence-electron chi connectivity index (χ4n) is 0.866. The van der Waals surface area contributed by atoms with Gasteiger partial charge < -0.3 is 15.8 Å². The zero-order valence-corrected chi connectivity index (χ0v) is 8.48. The number of nitrogens with two attached hydrogens (primary N) is 1. The highest BCUT2D eigenvalue weighted by Crippen LogP contribution is 2.12. The molecule has 0 aliphatic carbocycles. The van der Waals surface area contributed by atoms with E-state index in [1.807, 2.05) is 0 Å². The molecule has 0 unspecified atom stereocenters. The molecule has 0 saturated carbocycles. The minimum absolute atomic E-state index is 0.131. The highest BCUT2D eigenvalue weighted by Gasteiger charge is 2.06. The SMILES string of the molecule is CCOC(=O)/C=C(\C)Nc1nonc1N. The van der Waals surface area contributed by atoms with Crippen molar-refractivity contribution in [2.24, 2.45) is 0 Å². The van der Waals surface area contributed by atoms with Gasteiger partial charge in [-0.3, -0.25) is 0 Å². The molecular formula is C8H12N4O3. The molecule has 3 N–H and O–H groups in total. The van der Waals surface area contributed by atoms with Crippen molar-refractivity contribution in [3.05, 3.63) is 11.8 Å². The molecule has 0 fully saturated rings.